The number of aliphatic hydroxyl groups is 1. The Bertz CT molecular complexity index is 442. The number of carboxylic acids is 1. The molecule has 1 aromatic heterocycles. The zero-order valence-electron chi connectivity index (χ0n) is 10.2. The molecule has 100 valence electrons. The molecule has 0 radical (unpaired) electrons. The van der Waals surface area contributed by atoms with Gasteiger partial charge in [-0.3, -0.25) is 0 Å². The fraction of sp³-hybridized carbons (Fsp3) is 0.455. The van der Waals surface area contributed by atoms with E-state index >= 15 is 0 Å². The van der Waals surface area contributed by atoms with Crippen LogP contribution in [0.3, 0.4) is 0 Å². The number of urea groups is 1. The molecule has 0 saturated carbocycles. The highest BCUT2D eigenvalue weighted by Gasteiger charge is 2.30. The number of hydrogen-bond donors (Lipinski definition) is 4. The van der Waals surface area contributed by atoms with E-state index in [1.807, 2.05) is 18.4 Å². The smallest absolute Gasteiger partial charge is 0.337 e. The van der Waals surface area contributed by atoms with Crippen LogP contribution < -0.4 is 10.6 Å². The van der Waals surface area contributed by atoms with Gasteiger partial charge in [0.05, 0.1) is 13.1 Å². The third kappa shape index (κ3) is 4.01. The summed E-state index contributed by atoms with van der Waals surface area (Å²) in [6.45, 7) is 3.10. The first-order valence-electron chi connectivity index (χ1n) is 5.33. The molecule has 0 aliphatic carbocycles. The third-order valence-electron chi connectivity index (χ3n) is 2.43. The zero-order valence-corrected chi connectivity index (χ0v) is 11.0. The van der Waals surface area contributed by atoms with E-state index in [9.17, 15) is 14.7 Å². The summed E-state index contributed by atoms with van der Waals surface area (Å²) in [6, 6.07) is 1.44. The number of carboxylic acid groups (broad SMARTS) is 1. The Kier molecular flexibility index (Phi) is 4.69. The third-order valence-corrected chi connectivity index (χ3v) is 3.45. The van der Waals surface area contributed by atoms with E-state index in [-0.39, 0.29) is 6.54 Å². The fourth-order valence-electron chi connectivity index (χ4n) is 1.14. The monoisotopic (exact) mass is 272 g/mol. The lowest BCUT2D eigenvalue weighted by atomic mass is 10.1. The minimum atomic E-state index is -1.96. The van der Waals surface area contributed by atoms with E-state index < -0.39 is 17.6 Å². The summed E-state index contributed by atoms with van der Waals surface area (Å²) in [5, 5.41) is 24.9. The molecule has 7 heteroatoms. The van der Waals surface area contributed by atoms with Gasteiger partial charge in [0, 0.05) is 4.88 Å². The van der Waals surface area contributed by atoms with Crippen LogP contribution in [0, 0.1) is 6.92 Å². The van der Waals surface area contributed by atoms with Gasteiger partial charge < -0.3 is 20.8 Å². The van der Waals surface area contributed by atoms with Gasteiger partial charge in [0.25, 0.3) is 0 Å². The van der Waals surface area contributed by atoms with Gasteiger partial charge in [0.2, 0.25) is 0 Å². The van der Waals surface area contributed by atoms with Crippen molar-refractivity contribution in [2.45, 2.75) is 26.0 Å². The van der Waals surface area contributed by atoms with Crippen molar-refractivity contribution in [2.24, 2.45) is 0 Å². The van der Waals surface area contributed by atoms with E-state index in [1.54, 1.807) is 0 Å². The van der Waals surface area contributed by atoms with Gasteiger partial charge in [0.15, 0.2) is 5.60 Å². The van der Waals surface area contributed by atoms with Crippen LogP contribution in [0.2, 0.25) is 0 Å². The number of amides is 2. The molecule has 4 N–H and O–H groups in total. The summed E-state index contributed by atoms with van der Waals surface area (Å²) in [5.41, 5.74) is -0.867. The van der Waals surface area contributed by atoms with Crippen molar-refractivity contribution in [3.05, 3.63) is 21.9 Å². The summed E-state index contributed by atoms with van der Waals surface area (Å²) in [7, 11) is 0. The molecule has 0 saturated heterocycles. The van der Waals surface area contributed by atoms with Gasteiger partial charge in [-0.15, -0.1) is 11.3 Å². The average molecular weight is 272 g/mol. The van der Waals surface area contributed by atoms with Crippen molar-refractivity contribution in [3.8, 4) is 0 Å². The minimum absolute atomic E-state index is 0.350. The highest BCUT2D eigenvalue weighted by atomic mass is 32.1. The molecular weight excluding hydrogens is 256 g/mol. The second-order valence-electron chi connectivity index (χ2n) is 4.14. The number of thiophene rings is 1. The highest BCUT2D eigenvalue weighted by Crippen LogP contribution is 2.14. The lowest BCUT2D eigenvalue weighted by molar-refractivity contribution is -0.155. The summed E-state index contributed by atoms with van der Waals surface area (Å²) in [6.07, 6.45) is 0. The van der Waals surface area contributed by atoms with Crippen LogP contribution in [0.25, 0.3) is 0 Å². The average Bonchev–Trinajstić information content (AvgIpc) is 2.69. The molecule has 1 unspecified atom stereocenters. The van der Waals surface area contributed by atoms with Crippen molar-refractivity contribution in [1.29, 1.82) is 0 Å². The Labute approximate surface area is 109 Å². The summed E-state index contributed by atoms with van der Waals surface area (Å²) in [5.74, 6) is -1.38. The molecule has 1 atom stereocenters. The maximum absolute atomic E-state index is 11.4. The normalized spacial score (nSPS) is 13.7. The van der Waals surface area contributed by atoms with Crippen molar-refractivity contribution in [2.75, 3.05) is 6.54 Å². The molecule has 0 fully saturated rings. The zero-order chi connectivity index (χ0) is 13.8. The number of nitrogens with one attached hydrogen (secondary N) is 2. The number of carbonyl (C=O) groups is 2. The first-order valence-corrected chi connectivity index (χ1v) is 6.21. The number of hydrogen-bond acceptors (Lipinski definition) is 4. The molecule has 18 heavy (non-hydrogen) atoms. The molecule has 1 rings (SSSR count). The maximum atomic E-state index is 11.4. The van der Waals surface area contributed by atoms with Crippen LogP contribution in [-0.2, 0) is 11.3 Å². The molecular formula is C11H16N2O4S. The molecule has 0 aromatic carbocycles. The maximum Gasteiger partial charge on any atom is 0.337 e. The number of aliphatic carboxylic acids is 1. The lowest BCUT2D eigenvalue weighted by Crippen LogP contribution is -2.48. The molecule has 1 aromatic rings. The van der Waals surface area contributed by atoms with Gasteiger partial charge in [-0.1, -0.05) is 0 Å². The Hall–Kier alpha value is -1.60. The number of carbonyl (C=O) groups excluding carboxylic acids is 1. The van der Waals surface area contributed by atoms with E-state index in [4.69, 9.17) is 5.11 Å². The van der Waals surface area contributed by atoms with Crippen LogP contribution in [0.15, 0.2) is 11.4 Å². The van der Waals surface area contributed by atoms with E-state index in [2.05, 4.69) is 10.6 Å². The quantitative estimate of drug-likeness (QED) is 0.634. The number of aryl methyl sites for hydroxylation is 1. The molecule has 0 aliphatic rings. The Morgan fingerprint density at radius 2 is 2.11 bits per heavy atom. The van der Waals surface area contributed by atoms with E-state index in [0.717, 1.165) is 17.4 Å². The van der Waals surface area contributed by atoms with Gasteiger partial charge >= 0.3 is 12.0 Å². The van der Waals surface area contributed by atoms with Crippen LogP contribution in [-0.4, -0.2) is 34.4 Å². The molecule has 1 heterocycles. The second kappa shape index (κ2) is 5.83. The van der Waals surface area contributed by atoms with Crippen molar-refractivity contribution in [1.82, 2.24) is 10.6 Å². The molecule has 0 spiro atoms. The minimum Gasteiger partial charge on any atom is -0.479 e. The molecule has 2 amide bonds. The first-order chi connectivity index (χ1) is 8.33. The van der Waals surface area contributed by atoms with E-state index in [1.165, 1.54) is 11.3 Å². The van der Waals surface area contributed by atoms with Crippen molar-refractivity contribution < 1.29 is 19.8 Å². The Balaban J connectivity index is 2.35. The predicted octanol–water partition coefficient (Wildman–Crippen LogP) is 0.691. The highest BCUT2D eigenvalue weighted by molar-refractivity contribution is 7.10. The van der Waals surface area contributed by atoms with Gasteiger partial charge in [0.1, 0.15) is 0 Å². The lowest BCUT2D eigenvalue weighted by Gasteiger charge is -2.18. The summed E-state index contributed by atoms with van der Waals surface area (Å²) in [4.78, 5) is 23.0. The van der Waals surface area contributed by atoms with Crippen LogP contribution in [0.5, 0.6) is 0 Å². The van der Waals surface area contributed by atoms with E-state index in [0.29, 0.717) is 6.54 Å². The van der Waals surface area contributed by atoms with Crippen molar-refractivity contribution in [3.63, 3.8) is 0 Å². The molecule has 6 nitrogen and oxygen atoms in total. The second-order valence-corrected chi connectivity index (χ2v) is 5.14. The topological polar surface area (TPSA) is 98.7 Å². The SMILES string of the molecule is Cc1ccsc1CNC(=O)NCC(C)(O)C(=O)O. The van der Waals surface area contributed by atoms with Gasteiger partial charge in [-0.05, 0) is 30.9 Å². The fourth-order valence-corrected chi connectivity index (χ4v) is 1.98. The molecule has 0 aliphatic heterocycles. The van der Waals surface area contributed by atoms with Gasteiger partial charge in [-0.2, -0.15) is 0 Å². The van der Waals surface area contributed by atoms with Crippen LogP contribution in [0.4, 0.5) is 4.79 Å². The standard InChI is InChI=1S/C11H16N2O4S/c1-7-3-4-18-8(7)5-12-10(16)13-6-11(2,17)9(14)15/h3-4,17H,5-6H2,1-2H3,(H,14,15)(H2,12,13,16). The summed E-state index contributed by atoms with van der Waals surface area (Å²) < 4.78 is 0. The van der Waals surface area contributed by atoms with Gasteiger partial charge in [-0.25, -0.2) is 9.59 Å². The Morgan fingerprint density at radius 1 is 1.44 bits per heavy atom. The first kappa shape index (κ1) is 14.5. The Morgan fingerprint density at radius 3 is 2.61 bits per heavy atom. The van der Waals surface area contributed by atoms with Crippen molar-refractivity contribution >= 4 is 23.3 Å². The largest absolute Gasteiger partial charge is 0.479 e. The van der Waals surface area contributed by atoms with Crippen LogP contribution in [0.1, 0.15) is 17.4 Å². The predicted molar refractivity (Wildman–Crippen MR) is 67.6 cm³/mol. The van der Waals surface area contributed by atoms with Crippen LogP contribution >= 0.6 is 11.3 Å². The summed E-state index contributed by atoms with van der Waals surface area (Å²) >= 11 is 1.53. The molecule has 0 bridgehead atoms. The number of rotatable bonds is 5.